The fourth-order valence-corrected chi connectivity index (χ4v) is 5.56. The minimum absolute atomic E-state index is 0.0135. The maximum atomic E-state index is 13.6. The number of likely N-dealkylation sites (tertiary alicyclic amines) is 1. The molecular formula is C30H39F3N2O6. The molecule has 2 aromatic rings. The molecule has 41 heavy (non-hydrogen) atoms. The van der Waals surface area contributed by atoms with E-state index < -0.39 is 59.4 Å². The van der Waals surface area contributed by atoms with E-state index in [0.29, 0.717) is 11.8 Å². The molecule has 0 radical (unpaired) electrons. The molecule has 1 fully saturated rings. The van der Waals surface area contributed by atoms with Crippen LogP contribution in [-0.2, 0) is 27.1 Å². The van der Waals surface area contributed by atoms with Crippen LogP contribution in [-0.4, -0.2) is 52.4 Å². The van der Waals surface area contributed by atoms with Crippen LogP contribution in [0.3, 0.4) is 0 Å². The Morgan fingerprint density at radius 2 is 1.73 bits per heavy atom. The van der Waals surface area contributed by atoms with Crippen molar-refractivity contribution in [2.75, 3.05) is 7.11 Å². The van der Waals surface area contributed by atoms with Crippen LogP contribution in [0, 0.1) is 11.3 Å². The van der Waals surface area contributed by atoms with Crippen LogP contribution in [0.25, 0.3) is 0 Å². The highest BCUT2D eigenvalue weighted by Gasteiger charge is 2.59. The number of rotatable bonds is 8. The summed E-state index contributed by atoms with van der Waals surface area (Å²) in [5, 5.41) is 10.5. The normalized spacial score (nSPS) is 21.4. The average molecular weight is 581 g/mol. The van der Waals surface area contributed by atoms with Crippen LogP contribution in [0.4, 0.5) is 18.0 Å². The van der Waals surface area contributed by atoms with E-state index >= 15 is 0 Å². The predicted octanol–water partition coefficient (Wildman–Crippen LogP) is 6.84. The van der Waals surface area contributed by atoms with Crippen LogP contribution in [0.15, 0.2) is 36.5 Å². The fourth-order valence-electron chi connectivity index (χ4n) is 5.56. The number of carboxylic acids is 1. The van der Waals surface area contributed by atoms with E-state index in [2.05, 4.69) is 4.98 Å². The maximum absolute atomic E-state index is 13.6. The summed E-state index contributed by atoms with van der Waals surface area (Å²) in [5.74, 6) is -2.04. The molecule has 1 N–H and O–H groups in total. The number of aliphatic carboxylic acids is 1. The molecule has 2 heterocycles. The molecule has 1 aromatic carbocycles. The molecule has 0 unspecified atom stereocenters. The summed E-state index contributed by atoms with van der Waals surface area (Å²) in [6.45, 7) is 12.5. The van der Waals surface area contributed by atoms with Gasteiger partial charge in [-0.1, -0.05) is 58.9 Å². The summed E-state index contributed by atoms with van der Waals surface area (Å²) in [6.07, 6.45) is -6.22. The number of carboxylic acid groups (broad SMARTS) is 1. The van der Waals surface area contributed by atoms with Crippen molar-refractivity contribution in [1.82, 2.24) is 9.88 Å². The molecule has 4 atom stereocenters. The van der Waals surface area contributed by atoms with E-state index in [1.165, 1.54) is 12.0 Å². The monoisotopic (exact) mass is 580 g/mol. The minimum atomic E-state index is -4.64. The Hall–Kier alpha value is -3.34. The molecule has 0 spiro atoms. The number of pyridine rings is 1. The predicted molar refractivity (Wildman–Crippen MR) is 145 cm³/mol. The number of carbonyl (C=O) groups excluding carboxylic acids is 1. The molecule has 226 valence electrons. The van der Waals surface area contributed by atoms with Crippen molar-refractivity contribution in [3.63, 3.8) is 0 Å². The second kappa shape index (κ2) is 12.3. The Bertz CT molecular complexity index is 1240. The van der Waals surface area contributed by atoms with Gasteiger partial charge >= 0.3 is 18.2 Å². The molecule has 1 aromatic heterocycles. The zero-order valence-corrected chi connectivity index (χ0v) is 24.7. The van der Waals surface area contributed by atoms with Gasteiger partial charge in [-0.15, -0.1) is 0 Å². The van der Waals surface area contributed by atoms with Crippen molar-refractivity contribution >= 4 is 12.1 Å². The van der Waals surface area contributed by atoms with E-state index in [9.17, 15) is 27.9 Å². The highest BCUT2D eigenvalue weighted by molar-refractivity contribution is 5.82. The summed E-state index contributed by atoms with van der Waals surface area (Å²) in [7, 11) is 1.29. The van der Waals surface area contributed by atoms with E-state index in [1.54, 1.807) is 19.9 Å². The summed E-state index contributed by atoms with van der Waals surface area (Å²) in [5.41, 5.74) is -0.0726. The Morgan fingerprint density at radius 3 is 2.24 bits per heavy atom. The molecule has 1 saturated heterocycles. The van der Waals surface area contributed by atoms with Crippen LogP contribution in [0.5, 0.6) is 5.88 Å². The third-order valence-corrected chi connectivity index (χ3v) is 7.22. The lowest BCUT2D eigenvalue weighted by molar-refractivity contribution is -0.145. The smallest absolute Gasteiger partial charge is 0.417 e. The second-order valence-electron chi connectivity index (χ2n) is 11.9. The summed E-state index contributed by atoms with van der Waals surface area (Å²) < 4.78 is 57.7. The third kappa shape index (κ3) is 6.94. The zero-order chi connectivity index (χ0) is 30.9. The number of hydrogen-bond donors (Lipinski definition) is 1. The lowest BCUT2D eigenvalue weighted by Gasteiger charge is -2.35. The summed E-state index contributed by atoms with van der Waals surface area (Å²) in [6, 6.07) is 6.04. The number of benzene rings is 1. The fraction of sp³-hybridized carbons (Fsp3) is 0.567. The van der Waals surface area contributed by atoms with E-state index in [1.807, 2.05) is 52.8 Å². The molecule has 3 rings (SSSR count). The van der Waals surface area contributed by atoms with Crippen LogP contribution in [0.1, 0.15) is 82.7 Å². The molecule has 0 bridgehead atoms. The van der Waals surface area contributed by atoms with Crippen molar-refractivity contribution in [2.24, 2.45) is 11.3 Å². The second-order valence-corrected chi connectivity index (χ2v) is 11.9. The van der Waals surface area contributed by atoms with Crippen molar-refractivity contribution < 1.29 is 42.1 Å². The van der Waals surface area contributed by atoms with Crippen LogP contribution >= 0.6 is 0 Å². The highest BCUT2D eigenvalue weighted by Crippen LogP contribution is 2.51. The first kappa shape index (κ1) is 32.2. The lowest BCUT2D eigenvalue weighted by Crippen LogP contribution is -2.47. The van der Waals surface area contributed by atoms with Crippen LogP contribution < -0.4 is 4.74 Å². The molecule has 0 aliphatic carbocycles. The number of ether oxygens (including phenoxy) is 3. The first-order chi connectivity index (χ1) is 19.0. The standard InChI is InChI=1S/C30H39F3N2O6/c1-16(2)20-11-9-10-12-21(20)23-25(40-15-18-13-19(30(31,32)33)14-34-26(18)39-8)22(29(5,6)7)24(27(36)37)35(23)28(38)41-17(3)4/h9-14,16-17,22-25H,15H2,1-8H3,(H,36,37)/t22-,23+,24+,25+/m1/s1. The topological polar surface area (TPSA) is 98.2 Å². The van der Waals surface area contributed by atoms with Gasteiger partial charge in [-0.3, -0.25) is 4.90 Å². The number of carbonyl (C=O) groups is 2. The van der Waals surface area contributed by atoms with Crippen molar-refractivity contribution in [2.45, 2.75) is 91.5 Å². The SMILES string of the molecule is COc1ncc(C(F)(F)F)cc1CO[C@H]1[C@H](C(C)(C)C)[C@@H](C(=O)O)N(C(=O)OC(C)C)[C@H]1c1ccccc1C(C)C. The number of nitrogens with zero attached hydrogens (tertiary/aromatic N) is 2. The van der Waals surface area contributed by atoms with Gasteiger partial charge in [0.15, 0.2) is 0 Å². The van der Waals surface area contributed by atoms with Gasteiger partial charge in [0.1, 0.15) is 6.04 Å². The number of halogens is 3. The van der Waals surface area contributed by atoms with Gasteiger partial charge in [0.05, 0.1) is 37.5 Å². The number of methoxy groups -OCH3 is 1. The van der Waals surface area contributed by atoms with E-state index in [-0.39, 0.29) is 24.0 Å². The Balaban J connectivity index is 2.24. The highest BCUT2D eigenvalue weighted by atomic mass is 19.4. The number of hydrogen-bond acceptors (Lipinski definition) is 6. The van der Waals surface area contributed by atoms with Gasteiger partial charge in [-0.05, 0) is 42.4 Å². The summed E-state index contributed by atoms with van der Waals surface area (Å²) in [4.78, 5) is 31.5. The van der Waals surface area contributed by atoms with Gasteiger partial charge in [0.25, 0.3) is 0 Å². The molecular weight excluding hydrogens is 541 g/mol. The largest absolute Gasteiger partial charge is 0.481 e. The number of aromatic nitrogens is 1. The van der Waals surface area contributed by atoms with Gasteiger partial charge in [0.2, 0.25) is 5.88 Å². The van der Waals surface area contributed by atoms with Crippen LogP contribution in [0.2, 0.25) is 0 Å². The van der Waals surface area contributed by atoms with Gasteiger partial charge in [0, 0.05) is 17.7 Å². The third-order valence-electron chi connectivity index (χ3n) is 7.22. The molecule has 1 amide bonds. The quantitative estimate of drug-likeness (QED) is 0.365. The molecule has 11 heteroatoms. The Kier molecular flexibility index (Phi) is 9.62. The minimum Gasteiger partial charge on any atom is -0.481 e. The van der Waals surface area contributed by atoms with Crippen molar-refractivity contribution in [3.05, 3.63) is 58.8 Å². The first-order valence-electron chi connectivity index (χ1n) is 13.5. The number of alkyl halides is 3. The lowest BCUT2D eigenvalue weighted by atomic mass is 9.73. The van der Waals surface area contributed by atoms with E-state index in [0.717, 1.165) is 11.6 Å². The Morgan fingerprint density at radius 1 is 1.10 bits per heavy atom. The average Bonchev–Trinajstić information content (AvgIpc) is 3.22. The zero-order valence-electron chi connectivity index (χ0n) is 24.7. The molecule has 8 nitrogen and oxygen atoms in total. The first-order valence-corrected chi connectivity index (χ1v) is 13.5. The molecule has 1 aliphatic heterocycles. The van der Waals surface area contributed by atoms with E-state index in [4.69, 9.17) is 14.2 Å². The molecule has 1 aliphatic rings. The maximum Gasteiger partial charge on any atom is 0.417 e. The Labute approximate surface area is 238 Å². The van der Waals surface area contributed by atoms with Crippen molar-refractivity contribution in [1.29, 1.82) is 0 Å². The van der Waals surface area contributed by atoms with Crippen molar-refractivity contribution in [3.8, 4) is 5.88 Å². The van der Waals surface area contributed by atoms with Gasteiger partial charge in [-0.25, -0.2) is 14.6 Å². The molecule has 0 saturated carbocycles. The van der Waals surface area contributed by atoms with Gasteiger partial charge in [-0.2, -0.15) is 13.2 Å². The summed E-state index contributed by atoms with van der Waals surface area (Å²) >= 11 is 0. The number of amides is 1. The van der Waals surface area contributed by atoms with Gasteiger partial charge < -0.3 is 19.3 Å².